The zero-order chi connectivity index (χ0) is 7.72. The van der Waals surface area contributed by atoms with Crippen molar-refractivity contribution in [1.29, 1.82) is 0 Å². The minimum atomic E-state index is -2.03. The van der Waals surface area contributed by atoms with E-state index >= 15 is 0 Å². The molecule has 5 nitrogen and oxygen atoms in total. The monoisotopic (exact) mass is 225 g/mol. The second kappa shape index (κ2) is 2.77. The fraction of sp³-hybridized carbons (Fsp3) is 0.333. The summed E-state index contributed by atoms with van der Waals surface area (Å²) in [6.07, 6.45) is 0. The summed E-state index contributed by atoms with van der Waals surface area (Å²) < 4.78 is 20.6. The molecule has 0 fully saturated rings. The molecule has 0 saturated carbocycles. The number of aryl methyl sites for hydroxylation is 1. The van der Waals surface area contributed by atoms with Gasteiger partial charge >= 0.3 is 0 Å². The number of hydrogen-bond acceptors (Lipinski definition) is 3. The molecule has 0 aliphatic heterocycles. The Morgan fingerprint density at radius 1 is 1.80 bits per heavy atom. The van der Waals surface area contributed by atoms with Crippen molar-refractivity contribution in [2.45, 2.75) is 5.03 Å². The number of hydrogen-bond donors (Lipinski definition) is 1. The van der Waals surface area contributed by atoms with Crippen LogP contribution in [-0.4, -0.2) is 23.8 Å². The van der Waals surface area contributed by atoms with Gasteiger partial charge in [0, 0.05) is 7.05 Å². The first kappa shape index (κ1) is 7.83. The molecule has 7 heteroatoms. The fourth-order valence-electron chi connectivity index (χ4n) is 0.508. The first-order valence-electron chi connectivity index (χ1n) is 2.29. The maximum atomic E-state index is 10.5. The van der Waals surface area contributed by atoms with E-state index in [0.717, 1.165) is 0 Å². The Kier molecular flexibility index (Phi) is 2.17. The lowest BCUT2D eigenvalue weighted by Gasteiger charge is -1.91. The topological polar surface area (TPSA) is 68.0 Å². The van der Waals surface area contributed by atoms with Gasteiger partial charge in [0.1, 0.15) is 0 Å². The molecular formula is C3H4BrN3O2S. The summed E-state index contributed by atoms with van der Waals surface area (Å²) in [6.45, 7) is 0. The van der Waals surface area contributed by atoms with E-state index in [9.17, 15) is 4.21 Å². The van der Waals surface area contributed by atoms with E-state index < -0.39 is 11.1 Å². The van der Waals surface area contributed by atoms with Crippen LogP contribution in [0.2, 0.25) is 0 Å². The third-order valence-corrected chi connectivity index (χ3v) is 2.49. The van der Waals surface area contributed by atoms with Crippen molar-refractivity contribution in [3.05, 3.63) is 4.60 Å². The second-order valence-corrected chi connectivity index (χ2v) is 3.19. The third kappa shape index (κ3) is 1.25. The summed E-state index contributed by atoms with van der Waals surface area (Å²) >= 11 is 0.940. The van der Waals surface area contributed by atoms with Crippen LogP contribution in [0.15, 0.2) is 9.63 Å². The van der Waals surface area contributed by atoms with Crippen LogP contribution in [0.25, 0.3) is 0 Å². The Hall–Kier alpha value is -0.270. The van der Waals surface area contributed by atoms with Gasteiger partial charge in [0.2, 0.25) is 11.1 Å². The highest BCUT2D eigenvalue weighted by Crippen LogP contribution is 2.13. The van der Waals surface area contributed by atoms with Crippen molar-refractivity contribution in [2.24, 2.45) is 7.05 Å². The van der Waals surface area contributed by atoms with Crippen LogP contribution in [0.3, 0.4) is 0 Å². The molecule has 10 heavy (non-hydrogen) atoms. The molecule has 1 rings (SSSR count). The number of nitrogens with zero attached hydrogens (tertiary/aromatic N) is 3. The molecule has 0 aromatic carbocycles. The quantitative estimate of drug-likeness (QED) is 0.692. The lowest BCUT2D eigenvalue weighted by atomic mass is 10.9. The molecule has 0 spiro atoms. The molecule has 56 valence electrons. The number of halogens is 1. The normalized spacial score (nSPS) is 13.5. The van der Waals surface area contributed by atoms with Crippen molar-refractivity contribution < 1.29 is 8.76 Å². The van der Waals surface area contributed by atoms with Crippen molar-refractivity contribution >= 4 is 27.0 Å². The predicted molar refractivity (Wildman–Crippen MR) is 37.7 cm³/mol. The van der Waals surface area contributed by atoms with Crippen molar-refractivity contribution in [3.8, 4) is 0 Å². The summed E-state index contributed by atoms with van der Waals surface area (Å²) in [7, 11) is 1.54. The zero-order valence-electron chi connectivity index (χ0n) is 4.98. The van der Waals surface area contributed by atoms with Crippen LogP contribution in [0.5, 0.6) is 0 Å². The molecule has 1 aromatic rings. The third-order valence-electron chi connectivity index (χ3n) is 0.902. The summed E-state index contributed by atoms with van der Waals surface area (Å²) in [4.78, 5) is 0. The lowest BCUT2D eigenvalue weighted by Crippen LogP contribution is -1.99. The van der Waals surface area contributed by atoms with Gasteiger partial charge in [-0.1, -0.05) is 5.21 Å². The molecule has 0 bridgehead atoms. The molecule has 0 radical (unpaired) electrons. The van der Waals surface area contributed by atoms with E-state index in [0.29, 0.717) is 4.60 Å². The Morgan fingerprint density at radius 3 is 2.60 bits per heavy atom. The van der Waals surface area contributed by atoms with Crippen molar-refractivity contribution in [3.63, 3.8) is 0 Å². The van der Waals surface area contributed by atoms with Gasteiger partial charge in [-0.05, 0) is 15.9 Å². The first-order valence-corrected chi connectivity index (χ1v) is 4.19. The van der Waals surface area contributed by atoms with Gasteiger partial charge in [0.05, 0.1) is 0 Å². The van der Waals surface area contributed by atoms with Crippen molar-refractivity contribution in [1.82, 2.24) is 15.0 Å². The summed E-state index contributed by atoms with van der Waals surface area (Å²) in [5, 5.41) is 7.18. The van der Waals surface area contributed by atoms with Gasteiger partial charge in [-0.2, -0.15) is 0 Å². The van der Waals surface area contributed by atoms with E-state index in [4.69, 9.17) is 4.55 Å². The van der Waals surface area contributed by atoms with Gasteiger partial charge in [-0.3, -0.25) is 0 Å². The Bertz CT molecular complexity index is 253. The average molecular weight is 226 g/mol. The fourth-order valence-corrected chi connectivity index (χ4v) is 1.70. The number of rotatable bonds is 1. The van der Waals surface area contributed by atoms with Crippen LogP contribution in [0, 0.1) is 0 Å². The van der Waals surface area contributed by atoms with E-state index in [1.807, 2.05) is 0 Å². The molecular weight excluding hydrogens is 222 g/mol. The van der Waals surface area contributed by atoms with Crippen LogP contribution in [-0.2, 0) is 18.1 Å². The number of aromatic nitrogens is 3. The molecule has 1 N–H and O–H groups in total. The Morgan fingerprint density at radius 2 is 2.40 bits per heavy atom. The van der Waals surface area contributed by atoms with E-state index in [1.165, 1.54) is 4.68 Å². The van der Waals surface area contributed by atoms with Gasteiger partial charge in [0.25, 0.3) is 0 Å². The summed E-state index contributed by atoms with van der Waals surface area (Å²) in [5.74, 6) is 0. The maximum absolute atomic E-state index is 10.5. The van der Waals surface area contributed by atoms with E-state index in [1.54, 1.807) is 7.05 Å². The van der Waals surface area contributed by atoms with Gasteiger partial charge in [0.15, 0.2) is 9.63 Å². The van der Waals surface area contributed by atoms with Crippen LogP contribution in [0.4, 0.5) is 0 Å². The van der Waals surface area contributed by atoms with Crippen LogP contribution in [0.1, 0.15) is 0 Å². The molecule has 0 aliphatic carbocycles. The maximum Gasteiger partial charge on any atom is 0.208 e. The van der Waals surface area contributed by atoms with Crippen LogP contribution < -0.4 is 0 Å². The first-order chi connectivity index (χ1) is 4.63. The molecule has 0 aliphatic rings. The molecule has 1 heterocycles. The van der Waals surface area contributed by atoms with E-state index in [2.05, 4.69) is 26.2 Å². The minimum absolute atomic E-state index is 0.167. The lowest BCUT2D eigenvalue weighted by molar-refractivity contribution is 0.545. The largest absolute Gasteiger partial charge is 0.301 e. The summed E-state index contributed by atoms with van der Waals surface area (Å²) in [5.41, 5.74) is 0. The van der Waals surface area contributed by atoms with E-state index in [-0.39, 0.29) is 5.03 Å². The predicted octanol–water partition coefficient (Wildman–Crippen LogP) is 0.158. The van der Waals surface area contributed by atoms with Crippen LogP contribution >= 0.6 is 15.9 Å². The minimum Gasteiger partial charge on any atom is -0.301 e. The molecule has 1 atom stereocenters. The zero-order valence-corrected chi connectivity index (χ0v) is 7.39. The van der Waals surface area contributed by atoms with Gasteiger partial charge in [-0.15, -0.1) is 5.10 Å². The highest BCUT2D eigenvalue weighted by molar-refractivity contribution is 9.10. The van der Waals surface area contributed by atoms with Gasteiger partial charge < -0.3 is 4.55 Å². The average Bonchev–Trinajstić information content (AvgIpc) is 2.11. The van der Waals surface area contributed by atoms with Gasteiger partial charge in [-0.25, -0.2) is 8.89 Å². The second-order valence-electron chi connectivity index (χ2n) is 1.56. The molecule has 0 amide bonds. The highest BCUT2D eigenvalue weighted by atomic mass is 79.9. The SMILES string of the molecule is Cn1nnc(Br)c1S(=O)O. The Labute approximate surface area is 67.8 Å². The summed E-state index contributed by atoms with van der Waals surface area (Å²) in [6, 6.07) is 0. The smallest absolute Gasteiger partial charge is 0.208 e. The standard InChI is InChI=1S/C3H4BrN3O2S/c1-7-3(10(8)9)2(4)5-6-7/h1H3,(H,8,9). The van der Waals surface area contributed by atoms with Crippen molar-refractivity contribution in [2.75, 3.05) is 0 Å². The highest BCUT2D eigenvalue weighted by Gasteiger charge is 2.12. The Balaban J connectivity index is 3.23. The molecule has 0 saturated heterocycles. The molecule has 1 aromatic heterocycles. The molecule has 1 unspecified atom stereocenters.